The molecule has 2 N–H and O–H groups in total. The number of hydrogen-bond acceptors (Lipinski definition) is 5. The number of aryl methyl sites for hydroxylation is 1. The van der Waals surface area contributed by atoms with E-state index in [2.05, 4.69) is 14.9 Å². The van der Waals surface area contributed by atoms with Crippen LogP contribution in [0, 0.1) is 12.4 Å². The number of nitrogen functional groups attached to an aromatic ring is 1. The Morgan fingerprint density at radius 1 is 1.47 bits per heavy atom. The van der Waals surface area contributed by atoms with Gasteiger partial charge in [0.25, 0.3) is 11.7 Å². The second kappa shape index (κ2) is 7.15. The number of nitrogens with zero attached hydrogens (tertiary/aromatic N) is 5. The number of pyridine rings is 1. The van der Waals surface area contributed by atoms with E-state index in [1.54, 1.807) is 0 Å². The first-order valence-electron chi connectivity index (χ1n) is 12.1. The highest BCUT2D eigenvalue weighted by Gasteiger charge is 2.27. The van der Waals surface area contributed by atoms with Crippen molar-refractivity contribution < 1.29 is 23.5 Å². The van der Waals surface area contributed by atoms with Crippen LogP contribution in [0.15, 0.2) is 30.5 Å². The molecule has 1 aliphatic rings. The number of hydrogen-bond donors (Lipinski definition) is 1. The largest absolute Gasteiger partial charge is 0.482 e. The van der Waals surface area contributed by atoms with E-state index in [9.17, 15) is 9.18 Å². The molecule has 1 aliphatic heterocycles. The van der Waals surface area contributed by atoms with Gasteiger partial charge in [0, 0.05) is 38.1 Å². The molecule has 4 rings (SSSR count). The van der Waals surface area contributed by atoms with Crippen LogP contribution in [0.3, 0.4) is 0 Å². The zero-order valence-corrected chi connectivity index (χ0v) is 15.6. The van der Waals surface area contributed by atoms with Gasteiger partial charge in [0.1, 0.15) is 17.6 Å². The fourth-order valence-corrected chi connectivity index (χ4v) is 3.20. The van der Waals surface area contributed by atoms with E-state index in [1.165, 1.54) is 24.0 Å². The van der Waals surface area contributed by atoms with Crippen molar-refractivity contribution in [3.05, 3.63) is 64.5 Å². The zero-order chi connectivity index (χ0) is 27.5. The van der Waals surface area contributed by atoms with Gasteiger partial charge in [0.2, 0.25) is 0 Å². The van der Waals surface area contributed by atoms with Gasteiger partial charge in [0.15, 0.2) is 11.6 Å². The second-order valence-corrected chi connectivity index (χ2v) is 6.50. The highest BCUT2D eigenvalue weighted by molar-refractivity contribution is 5.96. The first kappa shape index (κ1) is 12.6. The molecule has 0 aliphatic carbocycles. The third-order valence-electron chi connectivity index (χ3n) is 4.59. The van der Waals surface area contributed by atoms with Crippen molar-refractivity contribution in [1.82, 2.24) is 19.7 Å². The Kier molecular flexibility index (Phi) is 3.00. The van der Waals surface area contributed by atoms with Gasteiger partial charge in [-0.25, -0.2) is 14.1 Å². The zero-order valence-electron chi connectivity index (χ0n) is 22.6. The van der Waals surface area contributed by atoms with Crippen molar-refractivity contribution in [3.8, 4) is 16.9 Å². The van der Waals surface area contributed by atoms with Crippen LogP contribution in [-0.2, 0) is 13.6 Å². The molecule has 0 fully saturated rings. The molecule has 0 radical (unpaired) electrons. The third-order valence-corrected chi connectivity index (χ3v) is 4.59. The molecule has 0 spiro atoms. The van der Waals surface area contributed by atoms with Crippen LogP contribution in [0.25, 0.3) is 16.0 Å². The molecule has 3 heterocycles. The van der Waals surface area contributed by atoms with Crippen LogP contribution < -0.4 is 10.5 Å². The minimum atomic E-state index is -3.33. The number of carbonyl (C=O) groups excluding carboxylic acids is 1. The Labute approximate surface area is 182 Å². The lowest BCUT2D eigenvalue weighted by atomic mass is 10.0. The van der Waals surface area contributed by atoms with Gasteiger partial charge < -0.3 is 20.2 Å². The molecule has 1 atom stereocenters. The SMILES string of the molecule is [2H]C([2H])([2H])N1Cc2nn(C)c([N+]#[C-])c2-c2cnc(N)c(c2)O[C@]([2H])(C([2H])([2H])[2H])c2cc(F)ccc2C1=O. The number of nitrogens with two attached hydrogens (primary N) is 1. The molecule has 0 saturated heterocycles. The molecule has 2 bridgehead atoms. The minimum Gasteiger partial charge on any atom is -0.482 e. The van der Waals surface area contributed by atoms with E-state index < -0.39 is 49.3 Å². The van der Waals surface area contributed by atoms with Gasteiger partial charge in [-0.05, 0) is 36.7 Å². The quantitative estimate of drug-likeness (QED) is 0.570. The predicted molar refractivity (Wildman–Crippen MR) is 108 cm³/mol. The third kappa shape index (κ3) is 3.12. The first-order valence-corrected chi connectivity index (χ1v) is 8.58. The first-order chi connectivity index (χ1) is 17.1. The lowest BCUT2D eigenvalue weighted by Crippen LogP contribution is -2.28. The molecule has 0 saturated carbocycles. The molecular formula is C21H19FN6O2. The highest BCUT2D eigenvalue weighted by atomic mass is 19.1. The lowest BCUT2D eigenvalue weighted by molar-refractivity contribution is 0.0778. The number of anilines is 1. The summed E-state index contributed by atoms with van der Waals surface area (Å²) in [5.41, 5.74) is 4.87. The summed E-state index contributed by atoms with van der Waals surface area (Å²) in [5.74, 6) is -2.94. The lowest BCUT2D eigenvalue weighted by Gasteiger charge is -2.23. The maximum atomic E-state index is 14.4. The van der Waals surface area contributed by atoms with E-state index >= 15 is 0 Å². The van der Waals surface area contributed by atoms with Crippen molar-refractivity contribution in [1.29, 1.82) is 0 Å². The molecule has 1 amide bonds. The van der Waals surface area contributed by atoms with Crippen molar-refractivity contribution in [2.24, 2.45) is 7.05 Å². The van der Waals surface area contributed by atoms with Gasteiger partial charge in [-0.1, -0.05) is 6.57 Å². The van der Waals surface area contributed by atoms with Gasteiger partial charge >= 0.3 is 0 Å². The summed E-state index contributed by atoms with van der Waals surface area (Å²) >= 11 is 0. The van der Waals surface area contributed by atoms with Crippen molar-refractivity contribution in [3.63, 3.8) is 0 Å². The number of carbonyl (C=O) groups is 1. The Balaban J connectivity index is 2.15. The molecule has 9 heteroatoms. The number of rotatable bonds is 0. The summed E-state index contributed by atoms with van der Waals surface area (Å²) in [6, 6.07) is 3.58. The number of benzene rings is 1. The van der Waals surface area contributed by atoms with Crippen LogP contribution in [0.1, 0.15) is 44.1 Å². The summed E-state index contributed by atoms with van der Waals surface area (Å²) < 4.78 is 78.0. The van der Waals surface area contributed by atoms with Crippen LogP contribution >= 0.6 is 0 Å². The van der Waals surface area contributed by atoms with Gasteiger partial charge in [0.05, 0.1) is 15.0 Å². The average Bonchev–Trinajstić information content (AvgIpc) is 3.11. The van der Waals surface area contributed by atoms with E-state index in [-0.39, 0.29) is 34.2 Å². The van der Waals surface area contributed by atoms with Gasteiger partial charge in [-0.2, -0.15) is 0 Å². The van der Waals surface area contributed by atoms with E-state index in [1.807, 2.05) is 0 Å². The summed E-state index contributed by atoms with van der Waals surface area (Å²) in [6.07, 6.45) is -1.88. The molecule has 8 nitrogen and oxygen atoms in total. The summed E-state index contributed by atoms with van der Waals surface area (Å²) in [5, 5.41) is 4.23. The fraction of sp³-hybridized carbons (Fsp3) is 0.238. The molecule has 3 aromatic rings. The van der Waals surface area contributed by atoms with E-state index in [0.717, 1.165) is 12.1 Å². The molecule has 152 valence electrons. The molecule has 30 heavy (non-hydrogen) atoms. The van der Waals surface area contributed by atoms with Crippen LogP contribution in [0.5, 0.6) is 5.75 Å². The Hall–Kier alpha value is -3.93. The number of aromatic nitrogens is 3. The van der Waals surface area contributed by atoms with E-state index in [0.29, 0.717) is 11.0 Å². The summed E-state index contributed by atoms with van der Waals surface area (Å²) in [4.78, 5) is 21.5. The summed E-state index contributed by atoms with van der Waals surface area (Å²) in [7, 11) is 1.45. The Morgan fingerprint density at radius 2 is 2.30 bits per heavy atom. The highest BCUT2D eigenvalue weighted by Crippen LogP contribution is 2.38. The Morgan fingerprint density at radius 3 is 3.03 bits per heavy atom. The maximum Gasteiger partial charge on any atom is 0.260 e. The maximum absolute atomic E-state index is 14.4. The fourth-order valence-electron chi connectivity index (χ4n) is 3.20. The van der Waals surface area contributed by atoms with Gasteiger partial charge in [-0.15, -0.1) is 5.10 Å². The van der Waals surface area contributed by atoms with Crippen LogP contribution in [0.4, 0.5) is 16.0 Å². The van der Waals surface area contributed by atoms with Crippen molar-refractivity contribution >= 4 is 17.5 Å². The smallest absolute Gasteiger partial charge is 0.260 e. The number of ether oxygens (including phenoxy) is 1. The van der Waals surface area contributed by atoms with Crippen molar-refractivity contribution in [2.45, 2.75) is 19.5 Å². The van der Waals surface area contributed by atoms with Crippen LogP contribution in [-0.4, -0.2) is 32.5 Å². The predicted octanol–water partition coefficient (Wildman–Crippen LogP) is 3.48. The van der Waals surface area contributed by atoms with Crippen molar-refractivity contribution in [2.75, 3.05) is 12.7 Å². The number of halogens is 1. The molecular weight excluding hydrogens is 387 g/mol. The molecule has 1 aromatic carbocycles. The average molecular weight is 413 g/mol. The normalized spacial score (nSPS) is 22.6. The van der Waals surface area contributed by atoms with Gasteiger partial charge in [-0.3, -0.25) is 4.79 Å². The number of amides is 1. The van der Waals surface area contributed by atoms with Crippen LogP contribution in [0.2, 0.25) is 0 Å². The Bertz CT molecular complexity index is 1460. The number of fused-ring (bicyclic) bond motifs is 5. The topological polar surface area (TPSA) is 90.6 Å². The summed E-state index contributed by atoms with van der Waals surface area (Å²) in [6.45, 7) is 0.551. The van der Waals surface area contributed by atoms with E-state index in [4.69, 9.17) is 26.6 Å². The second-order valence-electron chi connectivity index (χ2n) is 6.50. The monoisotopic (exact) mass is 413 g/mol. The molecule has 0 unspecified atom stereocenters. The minimum absolute atomic E-state index is 0.0210. The molecule has 2 aromatic heterocycles. The standard InChI is InChI=1S/C21H19FN6O2/c1-11-15-8-13(22)5-6-14(15)21(29)27(3)10-16-18(20(24-2)28(4)26-16)12-7-17(30-11)19(23)25-9-12/h5-9,11H,10H2,1,3-4H3,(H2,23,25)/t11-/m1/s1/i1D3,3D3,11D.